The van der Waals surface area contributed by atoms with Crippen LogP contribution in [0.2, 0.25) is 0 Å². The third-order valence-corrected chi connectivity index (χ3v) is 3.51. The van der Waals surface area contributed by atoms with Crippen molar-refractivity contribution in [3.8, 4) is 0 Å². The number of nitro groups is 1. The Morgan fingerprint density at radius 2 is 2.21 bits per heavy atom. The molecule has 98 valence electrons. The summed E-state index contributed by atoms with van der Waals surface area (Å²) >= 11 is 0. The van der Waals surface area contributed by atoms with Gasteiger partial charge in [-0.3, -0.25) is 10.1 Å². The van der Waals surface area contributed by atoms with Crippen LogP contribution < -0.4 is 5.32 Å². The first-order valence-electron chi connectivity index (χ1n) is 6.51. The summed E-state index contributed by atoms with van der Waals surface area (Å²) in [5.74, 6) is 0.870. The van der Waals surface area contributed by atoms with Crippen LogP contribution in [0, 0.1) is 16.0 Å². The van der Waals surface area contributed by atoms with E-state index in [1.807, 2.05) is 6.07 Å². The van der Waals surface area contributed by atoms with Gasteiger partial charge >= 0.3 is 0 Å². The minimum absolute atomic E-state index is 0.0587. The van der Waals surface area contributed by atoms with Crippen LogP contribution in [0.25, 0.3) is 10.9 Å². The predicted molar refractivity (Wildman–Crippen MR) is 74.2 cm³/mol. The maximum atomic E-state index is 11.0. The van der Waals surface area contributed by atoms with E-state index in [0.717, 1.165) is 23.5 Å². The highest BCUT2D eigenvalue weighted by Gasteiger charge is 2.20. The van der Waals surface area contributed by atoms with Crippen LogP contribution in [-0.2, 0) is 0 Å². The average Bonchev–Trinajstić information content (AvgIpc) is 3.22. The molecule has 1 heterocycles. The van der Waals surface area contributed by atoms with E-state index in [1.54, 1.807) is 18.3 Å². The smallest absolute Gasteiger partial charge is 0.295 e. The number of nitrogens with one attached hydrogen (secondary N) is 1. The summed E-state index contributed by atoms with van der Waals surface area (Å²) in [6.07, 6.45) is 5.43. The van der Waals surface area contributed by atoms with Crippen molar-refractivity contribution in [2.45, 2.75) is 19.3 Å². The summed E-state index contributed by atoms with van der Waals surface area (Å²) in [5, 5.41) is 15.2. The Labute approximate surface area is 110 Å². The molecule has 0 unspecified atom stereocenters. The van der Waals surface area contributed by atoms with E-state index < -0.39 is 0 Å². The van der Waals surface area contributed by atoms with Crippen molar-refractivity contribution in [1.82, 2.24) is 4.98 Å². The number of rotatable bonds is 5. The Balaban J connectivity index is 1.91. The highest BCUT2D eigenvalue weighted by Crippen LogP contribution is 2.33. The first-order chi connectivity index (χ1) is 9.25. The number of pyridine rings is 1. The summed E-state index contributed by atoms with van der Waals surface area (Å²) in [7, 11) is 0. The van der Waals surface area contributed by atoms with Crippen LogP contribution in [0.4, 0.5) is 11.4 Å². The quantitative estimate of drug-likeness (QED) is 0.658. The molecule has 0 radical (unpaired) electrons. The van der Waals surface area contributed by atoms with Crippen molar-refractivity contribution < 1.29 is 4.92 Å². The van der Waals surface area contributed by atoms with Gasteiger partial charge in [-0.2, -0.15) is 0 Å². The maximum absolute atomic E-state index is 11.0. The highest BCUT2D eigenvalue weighted by molar-refractivity contribution is 5.96. The first kappa shape index (κ1) is 11.9. The number of hydrogen-bond donors (Lipinski definition) is 1. The SMILES string of the molecule is O=[N+]([O-])c1ccc(NCCC2CC2)c2cccnc12. The third kappa shape index (κ3) is 2.50. The van der Waals surface area contributed by atoms with E-state index in [2.05, 4.69) is 10.3 Å². The molecule has 0 atom stereocenters. The predicted octanol–water partition coefficient (Wildman–Crippen LogP) is 3.36. The van der Waals surface area contributed by atoms with Crippen LogP contribution in [0.3, 0.4) is 0 Å². The van der Waals surface area contributed by atoms with Gasteiger partial charge in [-0.1, -0.05) is 12.8 Å². The number of nitro benzene ring substituents is 1. The van der Waals surface area contributed by atoms with Crippen LogP contribution >= 0.6 is 0 Å². The van der Waals surface area contributed by atoms with Crippen molar-refractivity contribution in [2.75, 3.05) is 11.9 Å². The first-order valence-corrected chi connectivity index (χ1v) is 6.51. The Morgan fingerprint density at radius 1 is 1.37 bits per heavy atom. The van der Waals surface area contributed by atoms with Gasteiger partial charge in [-0.05, 0) is 30.5 Å². The lowest BCUT2D eigenvalue weighted by atomic mass is 10.1. The summed E-state index contributed by atoms with van der Waals surface area (Å²) in [6.45, 7) is 0.909. The maximum Gasteiger partial charge on any atom is 0.295 e. The summed E-state index contributed by atoms with van der Waals surface area (Å²) in [6, 6.07) is 6.97. The standard InChI is InChI=1S/C14H15N3O2/c18-17(19)13-6-5-12(15-9-7-10-3-4-10)11-2-1-8-16-14(11)13/h1-2,5-6,8,10,15H,3-4,7,9H2. The number of nitrogens with zero attached hydrogens (tertiary/aromatic N) is 2. The minimum atomic E-state index is -0.386. The Morgan fingerprint density at radius 3 is 2.95 bits per heavy atom. The van der Waals surface area contributed by atoms with E-state index in [-0.39, 0.29) is 10.6 Å². The zero-order valence-corrected chi connectivity index (χ0v) is 10.5. The molecular weight excluding hydrogens is 242 g/mol. The molecule has 1 saturated carbocycles. The molecular formula is C14H15N3O2. The van der Waals surface area contributed by atoms with Gasteiger partial charge in [0, 0.05) is 29.9 Å². The molecule has 0 amide bonds. The monoisotopic (exact) mass is 257 g/mol. The van der Waals surface area contributed by atoms with E-state index in [4.69, 9.17) is 0 Å². The lowest BCUT2D eigenvalue weighted by Crippen LogP contribution is -2.03. The summed E-state index contributed by atoms with van der Waals surface area (Å²) in [5.41, 5.74) is 1.43. The fraction of sp³-hybridized carbons (Fsp3) is 0.357. The molecule has 1 aromatic heterocycles. The number of anilines is 1. The molecule has 5 nitrogen and oxygen atoms in total. The Kier molecular flexibility index (Phi) is 3.03. The van der Waals surface area contributed by atoms with Crippen molar-refractivity contribution in [1.29, 1.82) is 0 Å². The summed E-state index contributed by atoms with van der Waals surface area (Å²) < 4.78 is 0. The molecule has 1 aliphatic rings. The molecule has 19 heavy (non-hydrogen) atoms. The second kappa shape index (κ2) is 4.84. The molecule has 1 fully saturated rings. The van der Waals surface area contributed by atoms with Gasteiger partial charge in [0.2, 0.25) is 0 Å². The van der Waals surface area contributed by atoms with Crippen LogP contribution in [0.15, 0.2) is 30.5 Å². The zero-order chi connectivity index (χ0) is 13.2. The normalized spacial score (nSPS) is 14.5. The molecule has 0 aliphatic heterocycles. The van der Waals surface area contributed by atoms with Gasteiger partial charge in [-0.15, -0.1) is 0 Å². The largest absolute Gasteiger partial charge is 0.384 e. The topological polar surface area (TPSA) is 68.1 Å². The zero-order valence-electron chi connectivity index (χ0n) is 10.5. The van der Waals surface area contributed by atoms with Gasteiger partial charge in [0.15, 0.2) is 0 Å². The van der Waals surface area contributed by atoms with E-state index >= 15 is 0 Å². The van der Waals surface area contributed by atoms with Crippen molar-refractivity contribution in [3.63, 3.8) is 0 Å². The number of non-ortho nitro benzene ring substituents is 1. The minimum Gasteiger partial charge on any atom is -0.384 e. The van der Waals surface area contributed by atoms with Crippen molar-refractivity contribution in [2.24, 2.45) is 5.92 Å². The van der Waals surface area contributed by atoms with Crippen molar-refractivity contribution >= 4 is 22.3 Å². The van der Waals surface area contributed by atoms with Gasteiger partial charge in [-0.25, -0.2) is 4.98 Å². The number of benzene rings is 1. The average molecular weight is 257 g/mol. The van der Waals surface area contributed by atoms with Crippen LogP contribution in [-0.4, -0.2) is 16.5 Å². The van der Waals surface area contributed by atoms with E-state index in [0.29, 0.717) is 5.52 Å². The second-order valence-electron chi connectivity index (χ2n) is 4.95. The van der Waals surface area contributed by atoms with E-state index in [1.165, 1.54) is 25.3 Å². The highest BCUT2D eigenvalue weighted by atomic mass is 16.6. The Bertz CT molecular complexity index is 623. The van der Waals surface area contributed by atoms with Crippen LogP contribution in [0.5, 0.6) is 0 Å². The Hall–Kier alpha value is -2.17. The second-order valence-corrected chi connectivity index (χ2v) is 4.95. The van der Waals surface area contributed by atoms with Gasteiger partial charge in [0.25, 0.3) is 5.69 Å². The fourth-order valence-electron chi connectivity index (χ4n) is 2.28. The number of aromatic nitrogens is 1. The fourth-order valence-corrected chi connectivity index (χ4v) is 2.28. The van der Waals surface area contributed by atoms with E-state index in [9.17, 15) is 10.1 Å². The molecule has 0 saturated heterocycles. The molecule has 2 aromatic rings. The lowest BCUT2D eigenvalue weighted by molar-refractivity contribution is -0.383. The summed E-state index contributed by atoms with van der Waals surface area (Å²) in [4.78, 5) is 14.7. The number of hydrogen-bond acceptors (Lipinski definition) is 4. The molecule has 3 rings (SSSR count). The third-order valence-electron chi connectivity index (χ3n) is 3.51. The van der Waals surface area contributed by atoms with Crippen molar-refractivity contribution in [3.05, 3.63) is 40.6 Å². The lowest BCUT2D eigenvalue weighted by Gasteiger charge is -2.09. The molecule has 0 spiro atoms. The van der Waals surface area contributed by atoms with Crippen LogP contribution in [0.1, 0.15) is 19.3 Å². The number of fused-ring (bicyclic) bond motifs is 1. The molecule has 5 heteroatoms. The molecule has 1 aromatic carbocycles. The molecule has 1 N–H and O–H groups in total. The van der Waals surface area contributed by atoms with Gasteiger partial charge < -0.3 is 5.32 Å². The van der Waals surface area contributed by atoms with Gasteiger partial charge in [0.05, 0.1) is 4.92 Å². The molecule has 0 bridgehead atoms. The molecule has 1 aliphatic carbocycles. The van der Waals surface area contributed by atoms with Gasteiger partial charge in [0.1, 0.15) is 5.52 Å².